The first-order valence-electron chi connectivity index (χ1n) is 9.40. The van der Waals surface area contributed by atoms with Crippen LogP contribution >= 0.6 is 0 Å². The first-order chi connectivity index (χ1) is 13.0. The highest BCUT2D eigenvalue weighted by Crippen LogP contribution is 2.39. The third-order valence-corrected chi connectivity index (χ3v) is 5.46. The lowest BCUT2D eigenvalue weighted by molar-refractivity contribution is -0.142. The standard InChI is InChI=1S/C20H27N3O4/c1-15(24)21-8-10-22(11-9-21)20(26)17-14-18(25)23(12-13-27-2)19(17)16-6-4-3-5-7-16/h3-7,17,19H,8-14H2,1-2H3/t17-,19+/m1/s1. The maximum atomic E-state index is 13.2. The Morgan fingerprint density at radius 2 is 1.70 bits per heavy atom. The van der Waals surface area contributed by atoms with Gasteiger partial charge in [0.1, 0.15) is 0 Å². The molecule has 0 aliphatic carbocycles. The largest absolute Gasteiger partial charge is 0.383 e. The Morgan fingerprint density at radius 1 is 1.07 bits per heavy atom. The van der Waals surface area contributed by atoms with E-state index in [2.05, 4.69) is 0 Å². The molecule has 1 aromatic carbocycles. The van der Waals surface area contributed by atoms with E-state index in [0.717, 1.165) is 5.56 Å². The molecule has 2 heterocycles. The molecule has 1 aromatic rings. The molecule has 0 saturated carbocycles. The Morgan fingerprint density at radius 3 is 2.30 bits per heavy atom. The van der Waals surface area contributed by atoms with Crippen LogP contribution in [0.5, 0.6) is 0 Å². The van der Waals surface area contributed by atoms with E-state index in [1.54, 1.807) is 28.7 Å². The third-order valence-electron chi connectivity index (χ3n) is 5.46. The monoisotopic (exact) mass is 373 g/mol. The number of rotatable bonds is 5. The molecule has 2 saturated heterocycles. The molecule has 2 atom stereocenters. The Balaban J connectivity index is 1.79. The molecule has 0 unspecified atom stereocenters. The van der Waals surface area contributed by atoms with Gasteiger partial charge in [0, 0.05) is 53.2 Å². The number of methoxy groups -OCH3 is 1. The summed E-state index contributed by atoms with van der Waals surface area (Å²) in [6.45, 7) is 4.58. The number of benzene rings is 1. The molecular weight excluding hydrogens is 346 g/mol. The van der Waals surface area contributed by atoms with Gasteiger partial charge in [-0.2, -0.15) is 0 Å². The smallest absolute Gasteiger partial charge is 0.228 e. The molecule has 0 N–H and O–H groups in total. The summed E-state index contributed by atoms with van der Waals surface area (Å²) in [5, 5.41) is 0. The molecule has 7 heteroatoms. The predicted octanol–water partition coefficient (Wildman–Crippen LogP) is 0.913. The molecule has 0 aromatic heterocycles. The van der Waals surface area contributed by atoms with Gasteiger partial charge < -0.3 is 19.4 Å². The van der Waals surface area contributed by atoms with Gasteiger partial charge in [-0.3, -0.25) is 14.4 Å². The number of carbonyl (C=O) groups is 3. The van der Waals surface area contributed by atoms with Crippen molar-refractivity contribution in [3.8, 4) is 0 Å². The van der Waals surface area contributed by atoms with Gasteiger partial charge in [0.15, 0.2) is 0 Å². The molecule has 2 aliphatic rings. The van der Waals surface area contributed by atoms with Crippen LogP contribution in [0.3, 0.4) is 0 Å². The summed E-state index contributed by atoms with van der Waals surface area (Å²) >= 11 is 0. The second-order valence-corrected chi connectivity index (χ2v) is 7.08. The fourth-order valence-corrected chi connectivity index (χ4v) is 4.00. The molecule has 0 bridgehead atoms. The van der Waals surface area contributed by atoms with E-state index in [0.29, 0.717) is 39.3 Å². The van der Waals surface area contributed by atoms with Crippen molar-refractivity contribution in [3.63, 3.8) is 0 Å². The molecule has 0 spiro atoms. The summed E-state index contributed by atoms with van der Waals surface area (Å²) in [5.74, 6) is -0.381. The number of likely N-dealkylation sites (tertiary alicyclic amines) is 1. The van der Waals surface area contributed by atoms with E-state index < -0.39 is 5.92 Å². The first-order valence-corrected chi connectivity index (χ1v) is 9.40. The minimum Gasteiger partial charge on any atom is -0.383 e. The van der Waals surface area contributed by atoms with Crippen molar-refractivity contribution >= 4 is 17.7 Å². The van der Waals surface area contributed by atoms with Crippen LogP contribution in [0.2, 0.25) is 0 Å². The summed E-state index contributed by atoms with van der Waals surface area (Å²) in [6.07, 6.45) is 0.217. The zero-order valence-electron chi connectivity index (χ0n) is 16.0. The third kappa shape index (κ3) is 4.13. The van der Waals surface area contributed by atoms with Crippen LogP contribution in [0.15, 0.2) is 30.3 Å². The minimum absolute atomic E-state index is 0.000298. The lowest BCUT2D eigenvalue weighted by atomic mass is 9.92. The number of ether oxygens (including phenoxy) is 1. The molecule has 3 rings (SSSR count). The second kappa shape index (κ2) is 8.52. The fourth-order valence-electron chi connectivity index (χ4n) is 4.00. The number of hydrogen-bond acceptors (Lipinski definition) is 4. The molecule has 2 fully saturated rings. The van der Waals surface area contributed by atoms with Crippen molar-refractivity contribution in [3.05, 3.63) is 35.9 Å². The van der Waals surface area contributed by atoms with Crippen LogP contribution in [-0.4, -0.2) is 78.9 Å². The highest BCUT2D eigenvalue weighted by Gasteiger charge is 2.45. The first kappa shape index (κ1) is 19.4. The van der Waals surface area contributed by atoms with Crippen molar-refractivity contribution in [1.82, 2.24) is 14.7 Å². The Labute approximate surface area is 159 Å². The molecule has 2 aliphatic heterocycles. The van der Waals surface area contributed by atoms with Crippen molar-refractivity contribution in [1.29, 1.82) is 0 Å². The molecule has 7 nitrogen and oxygen atoms in total. The summed E-state index contributed by atoms with van der Waals surface area (Å²) in [6, 6.07) is 9.46. The second-order valence-electron chi connectivity index (χ2n) is 7.08. The zero-order chi connectivity index (χ0) is 19.4. The number of carbonyl (C=O) groups excluding carboxylic acids is 3. The lowest BCUT2D eigenvalue weighted by Gasteiger charge is -2.37. The number of hydrogen-bond donors (Lipinski definition) is 0. The van der Waals surface area contributed by atoms with Crippen LogP contribution in [0.1, 0.15) is 24.9 Å². The van der Waals surface area contributed by atoms with Crippen molar-refractivity contribution in [2.24, 2.45) is 5.92 Å². The highest BCUT2D eigenvalue weighted by molar-refractivity contribution is 5.90. The van der Waals surface area contributed by atoms with Crippen LogP contribution in [0, 0.1) is 5.92 Å². The van der Waals surface area contributed by atoms with Gasteiger partial charge in [0.05, 0.1) is 18.6 Å². The quantitative estimate of drug-likeness (QED) is 0.769. The number of amides is 3. The van der Waals surface area contributed by atoms with E-state index in [4.69, 9.17) is 4.74 Å². The minimum atomic E-state index is -0.402. The SMILES string of the molecule is COCCN1C(=O)C[C@@H](C(=O)N2CCN(C(C)=O)CC2)[C@@H]1c1ccccc1. The van der Waals surface area contributed by atoms with E-state index in [1.165, 1.54) is 0 Å². The molecule has 3 amide bonds. The normalized spacial score (nSPS) is 23.0. The van der Waals surface area contributed by atoms with Gasteiger partial charge in [0.2, 0.25) is 17.7 Å². The zero-order valence-corrected chi connectivity index (χ0v) is 16.0. The molecule has 27 heavy (non-hydrogen) atoms. The maximum Gasteiger partial charge on any atom is 0.228 e. The van der Waals surface area contributed by atoms with E-state index in [9.17, 15) is 14.4 Å². The fraction of sp³-hybridized carbons (Fsp3) is 0.550. The summed E-state index contributed by atoms with van der Waals surface area (Å²) in [4.78, 5) is 42.7. The predicted molar refractivity (Wildman–Crippen MR) is 99.7 cm³/mol. The van der Waals surface area contributed by atoms with E-state index in [-0.39, 0.29) is 30.2 Å². The van der Waals surface area contributed by atoms with Gasteiger partial charge in [-0.15, -0.1) is 0 Å². The van der Waals surface area contributed by atoms with Gasteiger partial charge in [-0.25, -0.2) is 0 Å². The molecule has 0 radical (unpaired) electrons. The van der Waals surface area contributed by atoms with Gasteiger partial charge in [-0.1, -0.05) is 30.3 Å². The van der Waals surface area contributed by atoms with Gasteiger partial charge in [0.25, 0.3) is 0 Å². The van der Waals surface area contributed by atoms with Gasteiger partial charge >= 0.3 is 0 Å². The number of nitrogens with zero attached hydrogens (tertiary/aromatic N) is 3. The molecule has 146 valence electrons. The highest BCUT2D eigenvalue weighted by atomic mass is 16.5. The van der Waals surface area contributed by atoms with Crippen molar-refractivity contribution in [2.45, 2.75) is 19.4 Å². The molecular formula is C20H27N3O4. The maximum absolute atomic E-state index is 13.2. The van der Waals surface area contributed by atoms with Crippen LogP contribution < -0.4 is 0 Å². The van der Waals surface area contributed by atoms with E-state index >= 15 is 0 Å². The van der Waals surface area contributed by atoms with Crippen LogP contribution in [-0.2, 0) is 19.1 Å². The lowest BCUT2D eigenvalue weighted by Crippen LogP contribution is -2.52. The Bertz CT molecular complexity index is 686. The summed E-state index contributed by atoms with van der Waals surface area (Å²) < 4.78 is 5.16. The van der Waals surface area contributed by atoms with Crippen molar-refractivity contribution in [2.75, 3.05) is 46.4 Å². The topological polar surface area (TPSA) is 70.2 Å². The van der Waals surface area contributed by atoms with Crippen LogP contribution in [0.25, 0.3) is 0 Å². The average Bonchev–Trinajstić information content (AvgIpc) is 3.02. The summed E-state index contributed by atoms with van der Waals surface area (Å²) in [5.41, 5.74) is 0.972. The average molecular weight is 373 g/mol. The van der Waals surface area contributed by atoms with E-state index in [1.807, 2.05) is 30.3 Å². The Hall–Kier alpha value is -2.41. The number of piperazine rings is 1. The van der Waals surface area contributed by atoms with Crippen molar-refractivity contribution < 1.29 is 19.1 Å². The van der Waals surface area contributed by atoms with Gasteiger partial charge in [-0.05, 0) is 5.56 Å². The summed E-state index contributed by atoms with van der Waals surface area (Å²) in [7, 11) is 1.61. The van der Waals surface area contributed by atoms with Crippen LogP contribution in [0.4, 0.5) is 0 Å². The Kier molecular flexibility index (Phi) is 6.11.